The minimum absolute atomic E-state index is 0.0465. The van der Waals surface area contributed by atoms with E-state index in [1.807, 2.05) is 30.3 Å². The quantitative estimate of drug-likeness (QED) is 0.639. The molecule has 0 radical (unpaired) electrons. The minimum atomic E-state index is 0.0465. The zero-order valence-corrected chi connectivity index (χ0v) is 12.5. The van der Waals surface area contributed by atoms with Crippen LogP contribution in [-0.4, -0.2) is 10.8 Å². The molecule has 3 aromatic rings. The highest BCUT2D eigenvalue weighted by Crippen LogP contribution is 2.24. The van der Waals surface area contributed by atoms with Crippen LogP contribution in [0.4, 0.5) is 0 Å². The highest BCUT2D eigenvalue weighted by molar-refractivity contribution is 6.42. The molecule has 0 N–H and O–H groups in total. The third-order valence-electron chi connectivity index (χ3n) is 3.33. The van der Waals surface area contributed by atoms with Gasteiger partial charge in [-0.2, -0.15) is 0 Å². The fourth-order valence-electron chi connectivity index (χ4n) is 2.30. The first kappa shape index (κ1) is 14.1. The van der Waals surface area contributed by atoms with Crippen LogP contribution in [0.2, 0.25) is 10.0 Å². The summed E-state index contributed by atoms with van der Waals surface area (Å²) in [6, 6.07) is 12.8. The van der Waals surface area contributed by atoms with Gasteiger partial charge in [0, 0.05) is 29.8 Å². The van der Waals surface area contributed by atoms with Gasteiger partial charge in [0.15, 0.2) is 5.78 Å². The van der Waals surface area contributed by atoms with Crippen LogP contribution in [0.5, 0.6) is 0 Å². The van der Waals surface area contributed by atoms with E-state index >= 15 is 0 Å². The maximum atomic E-state index is 12.5. The Kier molecular flexibility index (Phi) is 3.91. The lowest BCUT2D eigenvalue weighted by atomic mass is 9.98. The van der Waals surface area contributed by atoms with E-state index in [-0.39, 0.29) is 5.78 Å². The highest BCUT2D eigenvalue weighted by Gasteiger charge is 2.11. The number of fused-ring (bicyclic) bond motifs is 1. The molecule has 0 aliphatic rings. The van der Waals surface area contributed by atoms with Crippen LogP contribution in [-0.2, 0) is 6.42 Å². The standard InChI is InChI=1S/C17H11Cl2NO/c18-15-5-4-11(8-16(15)19)9-17(21)14-3-1-2-12-10-20-7-6-13(12)14/h1-8,10H,9H2. The van der Waals surface area contributed by atoms with E-state index in [1.54, 1.807) is 24.5 Å². The van der Waals surface area contributed by atoms with E-state index in [4.69, 9.17) is 23.2 Å². The number of halogens is 2. The number of carbonyl (C=O) groups is 1. The van der Waals surface area contributed by atoms with Gasteiger partial charge in [-0.3, -0.25) is 9.78 Å². The van der Waals surface area contributed by atoms with E-state index in [1.165, 1.54) is 0 Å². The summed E-state index contributed by atoms with van der Waals surface area (Å²) in [6.07, 6.45) is 3.74. The Bertz CT molecular complexity index is 825. The summed E-state index contributed by atoms with van der Waals surface area (Å²) in [5.74, 6) is 0.0465. The predicted octanol–water partition coefficient (Wildman–Crippen LogP) is 4.97. The van der Waals surface area contributed by atoms with Crippen LogP contribution in [0.1, 0.15) is 15.9 Å². The van der Waals surface area contributed by atoms with E-state index < -0.39 is 0 Å². The number of nitrogens with zero attached hydrogens (tertiary/aromatic N) is 1. The number of hydrogen-bond donors (Lipinski definition) is 0. The average Bonchev–Trinajstić information content (AvgIpc) is 2.50. The smallest absolute Gasteiger partial charge is 0.167 e. The van der Waals surface area contributed by atoms with Crippen molar-refractivity contribution >= 4 is 39.8 Å². The van der Waals surface area contributed by atoms with Gasteiger partial charge >= 0.3 is 0 Å². The van der Waals surface area contributed by atoms with Crippen molar-refractivity contribution in [3.63, 3.8) is 0 Å². The molecule has 104 valence electrons. The summed E-state index contributed by atoms with van der Waals surface area (Å²) >= 11 is 11.9. The van der Waals surface area contributed by atoms with E-state index in [0.717, 1.165) is 16.3 Å². The molecule has 1 aromatic heterocycles. The molecule has 0 aliphatic carbocycles. The van der Waals surface area contributed by atoms with Crippen LogP contribution >= 0.6 is 23.2 Å². The van der Waals surface area contributed by atoms with Crippen molar-refractivity contribution in [1.82, 2.24) is 4.98 Å². The summed E-state index contributed by atoms with van der Waals surface area (Å²) in [5, 5.41) is 2.82. The van der Waals surface area contributed by atoms with Gasteiger partial charge in [0.05, 0.1) is 10.0 Å². The summed E-state index contributed by atoms with van der Waals surface area (Å²) < 4.78 is 0. The lowest BCUT2D eigenvalue weighted by Gasteiger charge is -2.06. The number of ketones is 1. The largest absolute Gasteiger partial charge is 0.294 e. The van der Waals surface area contributed by atoms with E-state index in [0.29, 0.717) is 22.0 Å². The predicted molar refractivity (Wildman–Crippen MR) is 86.2 cm³/mol. The second kappa shape index (κ2) is 5.84. The summed E-state index contributed by atoms with van der Waals surface area (Å²) in [5.41, 5.74) is 1.54. The molecule has 1 heterocycles. The number of aromatic nitrogens is 1. The normalized spacial score (nSPS) is 10.8. The van der Waals surface area contributed by atoms with E-state index in [2.05, 4.69) is 4.98 Å². The SMILES string of the molecule is O=C(Cc1ccc(Cl)c(Cl)c1)c1cccc2cnccc12. The van der Waals surface area contributed by atoms with Gasteiger partial charge in [-0.15, -0.1) is 0 Å². The number of rotatable bonds is 3. The molecule has 2 aromatic carbocycles. The fourth-order valence-corrected chi connectivity index (χ4v) is 2.62. The molecule has 0 fully saturated rings. The third-order valence-corrected chi connectivity index (χ3v) is 4.07. The Morgan fingerprint density at radius 1 is 1.05 bits per heavy atom. The van der Waals surface area contributed by atoms with Crippen molar-refractivity contribution in [2.24, 2.45) is 0 Å². The van der Waals surface area contributed by atoms with Gasteiger partial charge in [-0.05, 0) is 29.1 Å². The first-order valence-electron chi connectivity index (χ1n) is 6.45. The van der Waals surface area contributed by atoms with Crippen molar-refractivity contribution in [3.05, 3.63) is 76.0 Å². The molecule has 4 heteroatoms. The Morgan fingerprint density at radius 3 is 2.71 bits per heavy atom. The summed E-state index contributed by atoms with van der Waals surface area (Å²) in [6.45, 7) is 0. The lowest BCUT2D eigenvalue weighted by Crippen LogP contribution is -2.04. The van der Waals surface area contributed by atoms with Crippen LogP contribution in [0.25, 0.3) is 10.8 Å². The van der Waals surface area contributed by atoms with Crippen molar-refractivity contribution in [2.45, 2.75) is 6.42 Å². The zero-order chi connectivity index (χ0) is 14.8. The van der Waals surface area contributed by atoms with Gasteiger partial charge in [-0.1, -0.05) is 47.5 Å². The Morgan fingerprint density at radius 2 is 1.90 bits per heavy atom. The molecule has 0 saturated carbocycles. The van der Waals surface area contributed by atoms with Gasteiger partial charge in [0.2, 0.25) is 0 Å². The number of carbonyl (C=O) groups excluding carboxylic acids is 1. The topological polar surface area (TPSA) is 30.0 Å². The van der Waals surface area contributed by atoms with Crippen LogP contribution in [0, 0.1) is 0 Å². The molecule has 0 spiro atoms. The summed E-state index contributed by atoms with van der Waals surface area (Å²) in [4.78, 5) is 16.6. The van der Waals surface area contributed by atoms with E-state index in [9.17, 15) is 4.79 Å². The second-order valence-electron chi connectivity index (χ2n) is 4.75. The summed E-state index contributed by atoms with van der Waals surface area (Å²) in [7, 11) is 0. The van der Waals surface area contributed by atoms with Gasteiger partial charge < -0.3 is 0 Å². The van der Waals surface area contributed by atoms with Crippen molar-refractivity contribution in [2.75, 3.05) is 0 Å². The second-order valence-corrected chi connectivity index (χ2v) is 5.57. The van der Waals surface area contributed by atoms with Crippen molar-refractivity contribution in [3.8, 4) is 0 Å². The monoisotopic (exact) mass is 315 g/mol. The number of pyridine rings is 1. The first-order valence-corrected chi connectivity index (χ1v) is 7.20. The molecular weight excluding hydrogens is 305 g/mol. The van der Waals surface area contributed by atoms with Crippen LogP contribution < -0.4 is 0 Å². The molecular formula is C17H11Cl2NO. The van der Waals surface area contributed by atoms with Gasteiger partial charge in [0.25, 0.3) is 0 Å². The minimum Gasteiger partial charge on any atom is -0.294 e. The third kappa shape index (κ3) is 2.92. The van der Waals surface area contributed by atoms with Crippen molar-refractivity contribution < 1.29 is 4.79 Å². The molecule has 0 bridgehead atoms. The molecule has 0 saturated heterocycles. The van der Waals surface area contributed by atoms with Gasteiger partial charge in [0.1, 0.15) is 0 Å². The number of Topliss-reactive ketones (excluding diaryl/α,β-unsaturated/α-hetero) is 1. The molecule has 0 atom stereocenters. The Hall–Kier alpha value is -1.90. The Labute approximate surface area is 132 Å². The number of hydrogen-bond acceptors (Lipinski definition) is 2. The molecule has 3 rings (SSSR count). The van der Waals surface area contributed by atoms with Gasteiger partial charge in [-0.25, -0.2) is 0 Å². The molecule has 21 heavy (non-hydrogen) atoms. The fraction of sp³-hybridized carbons (Fsp3) is 0.0588. The molecule has 0 unspecified atom stereocenters. The highest BCUT2D eigenvalue weighted by atomic mass is 35.5. The van der Waals surface area contributed by atoms with Crippen molar-refractivity contribution in [1.29, 1.82) is 0 Å². The van der Waals surface area contributed by atoms with Crippen LogP contribution in [0.3, 0.4) is 0 Å². The maximum Gasteiger partial charge on any atom is 0.167 e. The Balaban J connectivity index is 1.95. The lowest BCUT2D eigenvalue weighted by molar-refractivity contribution is 0.0994. The zero-order valence-electron chi connectivity index (χ0n) is 11.0. The molecule has 0 amide bonds. The first-order chi connectivity index (χ1) is 10.1. The average molecular weight is 316 g/mol. The van der Waals surface area contributed by atoms with Crippen LogP contribution in [0.15, 0.2) is 54.9 Å². The molecule has 0 aliphatic heterocycles. The number of benzene rings is 2. The molecule has 2 nitrogen and oxygen atoms in total. The maximum absolute atomic E-state index is 12.5.